The zero-order valence-electron chi connectivity index (χ0n) is 9.82. The lowest BCUT2D eigenvalue weighted by Crippen LogP contribution is -2.02. The van der Waals surface area contributed by atoms with Crippen LogP contribution in [0.25, 0.3) is 5.57 Å². The SMILES string of the molecule is C=C/C(=C\C=C/C)c1ccc(CCN)cc1. The summed E-state index contributed by atoms with van der Waals surface area (Å²) in [5, 5.41) is 0. The minimum atomic E-state index is 0.697. The Hall–Kier alpha value is -1.60. The smallest absolute Gasteiger partial charge is 0.00367 e. The maximum absolute atomic E-state index is 5.51. The molecule has 0 unspecified atom stereocenters. The van der Waals surface area contributed by atoms with E-state index in [2.05, 4.69) is 36.9 Å². The first kappa shape index (κ1) is 12.5. The Labute approximate surface area is 98.0 Å². The first-order chi connectivity index (χ1) is 7.81. The maximum Gasteiger partial charge on any atom is -0.00367 e. The molecule has 1 nitrogen and oxygen atoms in total. The van der Waals surface area contributed by atoms with Crippen molar-refractivity contribution >= 4 is 5.57 Å². The summed E-state index contributed by atoms with van der Waals surface area (Å²) < 4.78 is 0. The van der Waals surface area contributed by atoms with Crippen LogP contribution in [0.4, 0.5) is 0 Å². The Balaban J connectivity index is 2.90. The van der Waals surface area contributed by atoms with Gasteiger partial charge in [0.25, 0.3) is 0 Å². The minimum Gasteiger partial charge on any atom is -0.330 e. The molecule has 0 aliphatic carbocycles. The molecule has 0 heterocycles. The molecule has 0 aliphatic rings. The highest BCUT2D eigenvalue weighted by atomic mass is 14.5. The van der Waals surface area contributed by atoms with E-state index < -0.39 is 0 Å². The second-order valence-electron chi connectivity index (χ2n) is 3.59. The molecule has 1 aromatic carbocycles. The van der Waals surface area contributed by atoms with Gasteiger partial charge in [0.15, 0.2) is 0 Å². The van der Waals surface area contributed by atoms with Gasteiger partial charge in [0.2, 0.25) is 0 Å². The van der Waals surface area contributed by atoms with Gasteiger partial charge < -0.3 is 5.73 Å². The lowest BCUT2D eigenvalue weighted by molar-refractivity contribution is 0.968. The molecule has 0 fully saturated rings. The minimum absolute atomic E-state index is 0.697. The summed E-state index contributed by atoms with van der Waals surface area (Å²) in [6.07, 6.45) is 8.89. The fourth-order valence-electron chi connectivity index (χ4n) is 1.51. The Morgan fingerprint density at radius 3 is 2.50 bits per heavy atom. The number of rotatable bonds is 5. The molecule has 0 saturated heterocycles. The van der Waals surface area contributed by atoms with Crippen LogP contribution in [-0.4, -0.2) is 6.54 Å². The Bertz CT molecular complexity index is 382. The lowest BCUT2D eigenvalue weighted by atomic mass is 10.0. The quantitative estimate of drug-likeness (QED) is 0.746. The van der Waals surface area contributed by atoms with E-state index >= 15 is 0 Å². The topological polar surface area (TPSA) is 26.0 Å². The van der Waals surface area contributed by atoms with Gasteiger partial charge in [0.05, 0.1) is 0 Å². The summed E-state index contributed by atoms with van der Waals surface area (Å²) in [4.78, 5) is 0. The van der Waals surface area contributed by atoms with Crippen LogP contribution >= 0.6 is 0 Å². The normalized spacial score (nSPS) is 12.0. The van der Waals surface area contributed by atoms with Crippen LogP contribution in [0.2, 0.25) is 0 Å². The molecule has 0 atom stereocenters. The van der Waals surface area contributed by atoms with Gasteiger partial charge in [-0.15, -0.1) is 0 Å². The highest BCUT2D eigenvalue weighted by molar-refractivity contribution is 5.74. The van der Waals surface area contributed by atoms with Crippen molar-refractivity contribution in [1.82, 2.24) is 0 Å². The van der Waals surface area contributed by atoms with Crippen LogP contribution in [0.3, 0.4) is 0 Å². The van der Waals surface area contributed by atoms with E-state index in [9.17, 15) is 0 Å². The number of allylic oxidation sites excluding steroid dienone is 5. The third-order valence-electron chi connectivity index (χ3n) is 2.41. The van der Waals surface area contributed by atoms with Gasteiger partial charge in [-0.05, 0) is 36.6 Å². The molecule has 84 valence electrons. The van der Waals surface area contributed by atoms with Crippen molar-refractivity contribution < 1.29 is 0 Å². The average molecular weight is 213 g/mol. The van der Waals surface area contributed by atoms with Crippen molar-refractivity contribution in [1.29, 1.82) is 0 Å². The molecule has 0 saturated carbocycles. The molecule has 1 heteroatoms. The predicted octanol–water partition coefficient (Wildman–Crippen LogP) is 3.33. The van der Waals surface area contributed by atoms with Gasteiger partial charge in [0.1, 0.15) is 0 Å². The zero-order chi connectivity index (χ0) is 11.8. The van der Waals surface area contributed by atoms with E-state index in [1.165, 1.54) is 11.1 Å². The van der Waals surface area contributed by atoms with Crippen LogP contribution in [0, 0.1) is 0 Å². The number of benzene rings is 1. The molecular formula is C15H19N. The molecule has 0 aromatic heterocycles. The van der Waals surface area contributed by atoms with E-state index in [-0.39, 0.29) is 0 Å². The number of hydrogen-bond acceptors (Lipinski definition) is 1. The van der Waals surface area contributed by atoms with Gasteiger partial charge in [-0.2, -0.15) is 0 Å². The van der Waals surface area contributed by atoms with E-state index in [1.54, 1.807) is 0 Å². The van der Waals surface area contributed by atoms with E-state index in [1.807, 2.05) is 25.2 Å². The van der Waals surface area contributed by atoms with Crippen LogP contribution in [0.1, 0.15) is 18.1 Å². The molecule has 0 spiro atoms. The molecule has 0 amide bonds. The summed E-state index contributed by atoms with van der Waals surface area (Å²) in [6.45, 7) is 6.52. The fraction of sp³-hybridized carbons (Fsp3) is 0.200. The molecular weight excluding hydrogens is 194 g/mol. The molecule has 0 radical (unpaired) electrons. The van der Waals surface area contributed by atoms with Gasteiger partial charge in [0, 0.05) is 0 Å². The average Bonchev–Trinajstić information content (AvgIpc) is 2.32. The van der Waals surface area contributed by atoms with Gasteiger partial charge >= 0.3 is 0 Å². The third-order valence-corrected chi connectivity index (χ3v) is 2.41. The van der Waals surface area contributed by atoms with Gasteiger partial charge in [-0.3, -0.25) is 0 Å². The Morgan fingerprint density at radius 1 is 1.31 bits per heavy atom. The van der Waals surface area contributed by atoms with E-state index in [0.29, 0.717) is 6.54 Å². The summed E-state index contributed by atoms with van der Waals surface area (Å²) in [6, 6.07) is 8.47. The zero-order valence-corrected chi connectivity index (χ0v) is 9.82. The van der Waals surface area contributed by atoms with Crippen molar-refractivity contribution in [2.45, 2.75) is 13.3 Å². The molecule has 0 aliphatic heterocycles. The summed E-state index contributed by atoms with van der Waals surface area (Å²) in [5.74, 6) is 0. The van der Waals surface area contributed by atoms with Crippen LogP contribution in [0.15, 0.2) is 55.1 Å². The second-order valence-corrected chi connectivity index (χ2v) is 3.59. The van der Waals surface area contributed by atoms with E-state index in [4.69, 9.17) is 5.73 Å². The Morgan fingerprint density at radius 2 is 2.00 bits per heavy atom. The van der Waals surface area contributed by atoms with Crippen LogP contribution < -0.4 is 5.73 Å². The first-order valence-corrected chi connectivity index (χ1v) is 5.56. The van der Waals surface area contributed by atoms with Crippen molar-refractivity contribution in [3.8, 4) is 0 Å². The molecule has 2 N–H and O–H groups in total. The van der Waals surface area contributed by atoms with Crippen LogP contribution in [0.5, 0.6) is 0 Å². The lowest BCUT2D eigenvalue weighted by Gasteiger charge is -2.03. The van der Waals surface area contributed by atoms with Gasteiger partial charge in [-0.25, -0.2) is 0 Å². The number of hydrogen-bond donors (Lipinski definition) is 1. The highest BCUT2D eigenvalue weighted by Gasteiger charge is 1.96. The highest BCUT2D eigenvalue weighted by Crippen LogP contribution is 2.16. The van der Waals surface area contributed by atoms with Crippen molar-refractivity contribution in [3.63, 3.8) is 0 Å². The molecule has 1 rings (SSSR count). The molecule has 0 bridgehead atoms. The third kappa shape index (κ3) is 3.52. The second kappa shape index (κ2) is 6.81. The maximum atomic E-state index is 5.51. The van der Waals surface area contributed by atoms with Crippen molar-refractivity contribution in [3.05, 3.63) is 66.3 Å². The van der Waals surface area contributed by atoms with Crippen LogP contribution in [-0.2, 0) is 6.42 Å². The molecule has 16 heavy (non-hydrogen) atoms. The summed E-state index contributed by atoms with van der Waals surface area (Å²) >= 11 is 0. The van der Waals surface area contributed by atoms with E-state index in [0.717, 1.165) is 12.0 Å². The first-order valence-electron chi connectivity index (χ1n) is 5.56. The number of nitrogens with two attached hydrogens (primary N) is 1. The van der Waals surface area contributed by atoms with Gasteiger partial charge in [-0.1, -0.05) is 55.1 Å². The van der Waals surface area contributed by atoms with Crippen molar-refractivity contribution in [2.75, 3.05) is 6.54 Å². The van der Waals surface area contributed by atoms with Crippen molar-refractivity contribution in [2.24, 2.45) is 5.73 Å². The Kier molecular flexibility index (Phi) is 5.30. The fourth-order valence-corrected chi connectivity index (χ4v) is 1.51. The standard InChI is InChI=1S/C15H19N/c1-3-5-6-14(4-2)15-9-7-13(8-10-15)11-12-16/h3-10H,2,11-12,16H2,1H3/b5-3-,14-6+. The summed E-state index contributed by atoms with van der Waals surface area (Å²) in [7, 11) is 0. The molecule has 1 aromatic rings. The largest absolute Gasteiger partial charge is 0.330 e. The monoisotopic (exact) mass is 213 g/mol. The summed E-state index contributed by atoms with van der Waals surface area (Å²) in [5.41, 5.74) is 9.12. The predicted molar refractivity (Wildman–Crippen MR) is 72.2 cm³/mol.